The zero-order chi connectivity index (χ0) is 23.7. The van der Waals surface area contributed by atoms with Crippen LogP contribution in [0.1, 0.15) is 51.0 Å². The van der Waals surface area contributed by atoms with E-state index in [4.69, 9.17) is 0 Å². The minimum absolute atomic E-state index is 0.164. The molecule has 0 unspecified atom stereocenters. The minimum Gasteiger partial charge on any atom is -0.349 e. The Kier molecular flexibility index (Phi) is 6.81. The van der Waals surface area contributed by atoms with Crippen molar-refractivity contribution in [3.8, 4) is 0 Å². The second kappa shape index (κ2) is 8.94. The first-order chi connectivity index (χ1) is 14.9. The fraction of sp³-hybridized carbons (Fsp3) is 0.609. The van der Waals surface area contributed by atoms with Gasteiger partial charge in [-0.1, -0.05) is 40.3 Å². The van der Waals surface area contributed by atoms with Crippen molar-refractivity contribution in [2.45, 2.75) is 51.8 Å². The van der Waals surface area contributed by atoms with Crippen LogP contribution in [0.5, 0.6) is 0 Å². The molecule has 32 heavy (non-hydrogen) atoms. The van der Waals surface area contributed by atoms with Gasteiger partial charge in [-0.05, 0) is 41.9 Å². The Bertz CT molecular complexity index is 949. The molecule has 1 N–H and O–H groups in total. The molecule has 0 aliphatic carbocycles. The number of hydrogen-bond donors (Lipinski definition) is 1. The van der Waals surface area contributed by atoms with Crippen LogP contribution in [-0.4, -0.2) is 71.9 Å². The van der Waals surface area contributed by atoms with Gasteiger partial charge in [0.2, 0.25) is 15.9 Å². The van der Waals surface area contributed by atoms with Crippen LogP contribution in [0.3, 0.4) is 0 Å². The van der Waals surface area contributed by atoms with Crippen LogP contribution in [0.2, 0.25) is 0 Å². The van der Waals surface area contributed by atoms with Crippen molar-refractivity contribution in [1.82, 2.24) is 19.5 Å². The van der Waals surface area contributed by atoms with Crippen LogP contribution in [0.4, 0.5) is 0 Å². The van der Waals surface area contributed by atoms with Gasteiger partial charge in [-0.15, -0.1) is 0 Å². The van der Waals surface area contributed by atoms with Crippen molar-refractivity contribution in [3.63, 3.8) is 0 Å². The van der Waals surface area contributed by atoms with Gasteiger partial charge in [-0.3, -0.25) is 14.6 Å². The molecule has 0 radical (unpaired) electrons. The van der Waals surface area contributed by atoms with Crippen molar-refractivity contribution < 1.29 is 18.0 Å². The van der Waals surface area contributed by atoms with Crippen LogP contribution in [0, 0.1) is 10.8 Å². The molecule has 3 rings (SSSR count). The van der Waals surface area contributed by atoms with Gasteiger partial charge < -0.3 is 10.2 Å². The minimum atomic E-state index is -3.55. The monoisotopic (exact) mass is 462 g/mol. The van der Waals surface area contributed by atoms with E-state index >= 15 is 0 Å². The molecular formula is C23H34N4O4S. The van der Waals surface area contributed by atoms with Crippen LogP contribution >= 0.6 is 0 Å². The number of piperidine rings is 2. The molecule has 0 atom stereocenters. The molecule has 176 valence electrons. The van der Waals surface area contributed by atoms with Gasteiger partial charge in [0.05, 0.1) is 5.25 Å². The predicted molar refractivity (Wildman–Crippen MR) is 123 cm³/mol. The lowest BCUT2D eigenvalue weighted by Crippen LogP contribution is -2.65. The highest BCUT2D eigenvalue weighted by molar-refractivity contribution is 7.89. The SMILES string of the molecule is C=CC(=O)NC1C(C)(C)CN(S(=O)(=O)C2CCN(C(=O)c3ccccn3)CC2)CC1(C)C. The van der Waals surface area contributed by atoms with E-state index in [2.05, 4.69) is 16.9 Å². The first kappa shape index (κ1) is 24.4. The summed E-state index contributed by atoms with van der Waals surface area (Å²) in [6, 6.07) is 5.00. The van der Waals surface area contributed by atoms with Gasteiger partial charge in [-0.2, -0.15) is 0 Å². The number of hydrogen-bond acceptors (Lipinski definition) is 5. The zero-order valence-corrected chi connectivity index (χ0v) is 20.2. The molecule has 0 spiro atoms. The molecular weight excluding hydrogens is 428 g/mol. The maximum Gasteiger partial charge on any atom is 0.272 e. The van der Waals surface area contributed by atoms with E-state index in [1.807, 2.05) is 27.7 Å². The Labute approximate surface area is 191 Å². The topological polar surface area (TPSA) is 99.7 Å². The molecule has 0 aromatic carbocycles. The van der Waals surface area contributed by atoms with E-state index in [0.29, 0.717) is 44.7 Å². The smallest absolute Gasteiger partial charge is 0.272 e. The zero-order valence-electron chi connectivity index (χ0n) is 19.4. The molecule has 2 saturated heterocycles. The Hall–Kier alpha value is -2.26. The van der Waals surface area contributed by atoms with E-state index in [0.717, 1.165) is 0 Å². The summed E-state index contributed by atoms with van der Waals surface area (Å²) in [5, 5.41) is 2.48. The summed E-state index contributed by atoms with van der Waals surface area (Å²) in [5.41, 5.74) is -0.535. The lowest BCUT2D eigenvalue weighted by Gasteiger charge is -2.53. The quantitative estimate of drug-likeness (QED) is 0.675. The highest BCUT2D eigenvalue weighted by Crippen LogP contribution is 2.42. The fourth-order valence-electron chi connectivity index (χ4n) is 5.20. The summed E-state index contributed by atoms with van der Waals surface area (Å²) in [6.45, 7) is 12.9. The lowest BCUT2D eigenvalue weighted by molar-refractivity contribution is -0.120. The third kappa shape index (κ3) is 4.88. The molecule has 1 aromatic heterocycles. The number of pyridine rings is 1. The molecule has 1 aromatic rings. The largest absolute Gasteiger partial charge is 0.349 e. The maximum absolute atomic E-state index is 13.6. The summed E-state index contributed by atoms with van der Waals surface area (Å²) >= 11 is 0. The number of amides is 2. The number of nitrogens with zero attached hydrogens (tertiary/aromatic N) is 3. The Morgan fingerprint density at radius 2 is 1.72 bits per heavy atom. The van der Waals surface area contributed by atoms with Crippen molar-refractivity contribution in [3.05, 3.63) is 42.7 Å². The Morgan fingerprint density at radius 3 is 2.22 bits per heavy atom. The number of rotatable bonds is 5. The summed E-state index contributed by atoms with van der Waals surface area (Å²) in [4.78, 5) is 30.4. The van der Waals surface area contributed by atoms with Gasteiger partial charge >= 0.3 is 0 Å². The van der Waals surface area contributed by atoms with Crippen LogP contribution < -0.4 is 5.32 Å². The average Bonchev–Trinajstić information content (AvgIpc) is 2.75. The molecule has 0 bridgehead atoms. The van der Waals surface area contributed by atoms with Gasteiger partial charge in [0.15, 0.2) is 0 Å². The highest BCUT2D eigenvalue weighted by atomic mass is 32.2. The number of nitrogens with one attached hydrogen (secondary N) is 1. The van der Waals surface area contributed by atoms with Crippen LogP contribution in [-0.2, 0) is 14.8 Å². The summed E-state index contributed by atoms with van der Waals surface area (Å²) in [5.74, 6) is -0.417. The summed E-state index contributed by atoms with van der Waals surface area (Å²) in [6.07, 6.45) is 3.62. The van der Waals surface area contributed by atoms with E-state index in [-0.39, 0.29) is 17.9 Å². The van der Waals surface area contributed by atoms with Crippen molar-refractivity contribution in [1.29, 1.82) is 0 Å². The van der Waals surface area contributed by atoms with E-state index in [1.54, 1.807) is 33.6 Å². The average molecular weight is 463 g/mol. The van der Waals surface area contributed by atoms with Crippen LogP contribution in [0.25, 0.3) is 0 Å². The second-order valence-corrected chi connectivity index (χ2v) is 12.4. The van der Waals surface area contributed by atoms with Gasteiger partial charge in [0, 0.05) is 38.4 Å². The standard InChI is InChI=1S/C23H34N4O4S/c1-6-19(28)25-21-22(2,3)15-27(16-23(21,4)5)32(30,31)17-10-13-26(14-11-17)20(29)18-9-7-8-12-24-18/h6-9,12,17,21H,1,10-11,13-16H2,2-5H3,(H,25,28). The molecule has 2 amide bonds. The first-order valence-electron chi connectivity index (χ1n) is 11.0. The number of sulfonamides is 1. The third-order valence-electron chi connectivity index (χ3n) is 6.60. The fourth-order valence-corrected chi connectivity index (χ4v) is 7.45. The van der Waals surface area contributed by atoms with Crippen LogP contribution in [0.15, 0.2) is 37.1 Å². The van der Waals surface area contributed by atoms with Gasteiger partial charge in [0.1, 0.15) is 5.69 Å². The molecule has 2 aliphatic heterocycles. The second-order valence-electron chi connectivity index (χ2n) is 10.1. The van der Waals surface area contributed by atoms with E-state index < -0.39 is 26.1 Å². The van der Waals surface area contributed by atoms with Crippen molar-refractivity contribution in [2.24, 2.45) is 10.8 Å². The number of likely N-dealkylation sites (tertiary alicyclic amines) is 1. The Balaban J connectivity index is 1.70. The molecule has 3 heterocycles. The Morgan fingerprint density at radius 1 is 1.12 bits per heavy atom. The molecule has 0 saturated carbocycles. The number of carbonyl (C=O) groups excluding carboxylic acids is 2. The molecule has 9 heteroatoms. The summed E-state index contributed by atoms with van der Waals surface area (Å²) in [7, 11) is -3.55. The lowest BCUT2D eigenvalue weighted by atomic mass is 9.67. The van der Waals surface area contributed by atoms with Gasteiger partial charge in [0.25, 0.3) is 5.91 Å². The van der Waals surface area contributed by atoms with Crippen molar-refractivity contribution >= 4 is 21.8 Å². The van der Waals surface area contributed by atoms with Gasteiger partial charge in [-0.25, -0.2) is 12.7 Å². The molecule has 2 fully saturated rings. The van der Waals surface area contributed by atoms with E-state index in [1.165, 1.54) is 6.08 Å². The maximum atomic E-state index is 13.6. The number of carbonyl (C=O) groups is 2. The summed E-state index contributed by atoms with van der Waals surface area (Å²) < 4.78 is 28.7. The van der Waals surface area contributed by atoms with Crippen molar-refractivity contribution in [2.75, 3.05) is 26.2 Å². The highest BCUT2D eigenvalue weighted by Gasteiger charge is 2.51. The normalized spacial score (nSPS) is 22.3. The van der Waals surface area contributed by atoms with E-state index in [9.17, 15) is 18.0 Å². The number of aromatic nitrogens is 1. The first-order valence-corrected chi connectivity index (χ1v) is 12.5. The molecule has 2 aliphatic rings. The molecule has 8 nitrogen and oxygen atoms in total. The third-order valence-corrected chi connectivity index (χ3v) is 8.89. The predicted octanol–water partition coefficient (Wildman–Crippen LogP) is 2.05.